The lowest BCUT2D eigenvalue weighted by Crippen LogP contribution is -2.40. The van der Waals surface area contributed by atoms with E-state index in [1.165, 1.54) is 15.3 Å². The van der Waals surface area contributed by atoms with Crippen LogP contribution in [0.2, 0.25) is 0 Å². The van der Waals surface area contributed by atoms with Gasteiger partial charge in [0.05, 0.1) is 30.8 Å². The Kier molecular flexibility index (Phi) is 6.39. The smallest absolute Gasteiger partial charge is 0.239 e. The largest absolute Gasteiger partial charge is 0.376 e. The van der Waals surface area contributed by atoms with Gasteiger partial charge in [-0.2, -0.15) is 5.26 Å². The molecule has 2 aliphatic heterocycles. The van der Waals surface area contributed by atoms with E-state index >= 15 is 0 Å². The molecule has 5 heterocycles. The number of hydrogen-bond acceptors (Lipinski definition) is 6. The minimum absolute atomic E-state index is 0.0853. The quantitative estimate of drug-likeness (QED) is 0.547. The van der Waals surface area contributed by atoms with Gasteiger partial charge in [-0.3, -0.25) is 9.69 Å². The van der Waals surface area contributed by atoms with Crippen LogP contribution in [0.5, 0.6) is 0 Å². The first-order chi connectivity index (χ1) is 16.1. The van der Waals surface area contributed by atoms with E-state index in [4.69, 9.17) is 4.74 Å². The highest BCUT2D eigenvalue weighted by atomic mass is 32.1. The SMILES string of the molecule is Cc1c(C#N)c(NC(=O)CN2CCc3sccc3[C@H]2c2cccs2)n(C[C@H]2CCCO2)c1C. The lowest BCUT2D eigenvalue weighted by atomic mass is 9.98. The van der Waals surface area contributed by atoms with E-state index in [2.05, 4.69) is 49.8 Å². The summed E-state index contributed by atoms with van der Waals surface area (Å²) in [5.74, 6) is 0.520. The lowest BCUT2D eigenvalue weighted by Gasteiger charge is -2.34. The van der Waals surface area contributed by atoms with E-state index in [0.29, 0.717) is 17.9 Å². The highest BCUT2D eigenvalue weighted by Gasteiger charge is 2.32. The van der Waals surface area contributed by atoms with Crippen LogP contribution in [0.1, 0.15) is 51.0 Å². The summed E-state index contributed by atoms with van der Waals surface area (Å²) in [7, 11) is 0. The highest BCUT2D eigenvalue weighted by Crippen LogP contribution is 2.39. The van der Waals surface area contributed by atoms with Crippen LogP contribution < -0.4 is 5.32 Å². The maximum absolute atomic E-state index is 13.3. The first-order valence-corrected chi connectivity index (χ1v) is 13.2. The van der Waals surface area contributed by atoms with Crippen molar-refractivity contribution >= 4 is 34.4 Å². The van der Waals surface area contributed by atoms with E-state index < -0.39 is 0 Å². The molecule has 0 spiro atoms. The third-order valence-corrected chi connectivity index (χ3v) is 8.76. The summed E-state index contributed by atoms with van der Waals surface area (Å²) in [5, 5.41) is 17.2. The molecule has 0 radical (unpaired) electrons. The van der Waals surface area contributed by atoms with Gasteiger partial charge >= 0.3 is 0 Å². The van der Waals surface area contributed by atoms with Gasteiger partial charge in [-0.1, -0.05) is 6.07 Å². The lowest BCUT2D eigenvalue weighted by molar-refractivity contribution is -0.117. The molecule has 172 valence electrons. The molecule has 8 heteroatoms. The van der Waals surface area contributed by atoms with E-state index in [1.54, 1.807) is 22.7 Å². The molecular formula is C25H28N4O2S2. The second kappa shape index (κ2) is 9.43. The average molecular weight is 481 g/mol. The molecule has 3 aromatic rings. The fourth-order valence-electron chi connectivity index (χ4n) is 5.03. The van der Waals surface area contributed by atoms with Crippen molar-refractivity contribution in [2.45, 2.75) is 51.8 Å². The van der Waals surface area contributed by atoms with Gasteiger partial charge in [0.25, 0.3) is 0 Å². The number of anilines is 1. The number of thiophene rings is 2. The Morgan fingerprint density at radius 3 is 2.91 bits per heavy atom. The second-order valence-corrected chi connectivity index (χ2v) is 10.8. The summed E-state index contributed by atoms with van der Waals surface area (Å²) in [6.07, 6.45) is 3.14. The fraction of sp³-hybridized carbons (Fsp3) is 0.440. The Morgan fingerprint density at radius 1 is 1.30 bits per heavy atom. The second-order valence-electron chi connectivity index (χ2n) is 8.78. The summed E-state index contributed by atoms with van der Waals surface area (Å²) >= 11 is 3.54. The molecule has 2 aliphatic rings. The van der Waals surface area contributed by atoms with Crippen molar-refractivity contribution in [3.8, 4) is 6.07 Å². The Hall–Kier alpha value is -2.44. The minimum atomic E-state index is -0.0853. The number of rotatable bonds is 6. The average Bonchev–Trinajstić information content (AvgIpc) is 3.61. The molecule has 0 bridgehead atoms. The van der Waals surface area contributed by atoms with Crippen molar-refractivity contribution in [3.63, 3.8) is 0 Å². The first kappa shape index (κ1) is 22.4. The van der Waals surface area contributed by atoms with Crippen LogP contribution in [0.15, 0.2) is 29.0 Å². The monoisotopic (exact) mass is 480 g/mol. The predicted octanol–water partition coefficient (Wildman–Crippen LogP) is 4.86. The molecule has 1 amide bonds. The van der Waals surface area contributed by atoms with Gasteiger partial charge in [0.1, 0.15) is 11.9 Å². The molecule has 6 nitrogen and oxygen atoms in total. The Morgan fingerprint density at radius 2 is 2.18 bits per heavy atom. The van der Waals surface area contributed by atoms with Crippen molar-refractivity contribution in [2.24, 2.45) is 0 Å². The number of amides is 1. The van der Waals surface area contributed by atoms with Crippen LogP contribution >= 0.6 is 22.7 Å². The summed E-state index contributed by atoms with van der Waals surface area (Å²) in [6, 6.07) is 8.83. The van der Waals surface area contributed by atoms with Gasteiger partial charge in [0.2, 0.25) is 5.91 Å². The normalized spacial score (nSPS) is 20.5. The number of ether oxygens (including phenoxy) is 1. The minimum Gasteiger partial charge on any atom is -0.376 e. The standard InChI is InChI=1S/C25H28N4O2S2/c1-16-17(2)29(14-18-5-3-10-31-18)25(20(16)13-26)27-23(30)15-28-9-7-21-19(8-12-33-21)24(28)22-6-4-11-32-22/h4,6,8,11-12,18,24H,3,5,7,9-10,14-15H2,1-2H3,(H,27,30)/t18-,24+/m1/s1. The van der Waals surface area contributed by atoms with Gasteiger partial charge in [-0.05, 0) is 67.1 Å². The molecule has 3 aromatic heterocycles. The zero-order valence-electron chi connectivity index (χ0n) is 19.0. The first-order valence-electron chi connectivity index (χ1n) is 11.4. The van der Waals surface area contributed by atoms with Gasteiger partial charge in [0.15, 0.2) is 0 Å². The van der Waals surface area contributed by atoms with Crippen LogP contribution in [0.3, 0.4) is 0 Å². The topological polar surface area (TPSA) is 70.3 Å². The van der Waals surface area contributed by atoms with Gasteiger partial charge in [0, 0.05) is 28.6 Å². The molecule has 2 atom stereocenters. The van der Waals surface area contributed by atoms with Crippen LogP contribution in [0.4, 0.5) is 5.82 Å². The van der Waals surface area contributed by atoms with E-state index in [-0.39, 0.29) is 24.6 Å². The molecule has 1 N–H and O–H groups in total. The Labute approximate surface area is 202 Å². The van der Waals surface area contributed by atoms with Crippen molar-refractivity contribution in [1.82, 2.24) is 9.47 Å². The summed E-state index contributed by atoms with van der Waals surface area (Å²) < 4.78 is 7.90. The number of nitriles is 1. The molecule has 1 saturated heterocycles. The molecular weight excluding hydrogens is 452 g/mol. The van der Waals surface area contributed by atoms with E-state index in [0.717, 1.165) is 43.7 Å². The molecule has 0 unspecified atom stereocenters. The van der Waals surface area contributed by atoms with E-state index in [9.17, 15) is 10.1 Å². The van der Waals surface area contributed by atoms with Crippen LogP contribution in [0.25, 0.3) is 0 Å². The van der Waals surface area contributed by atoms with Gasteiger partial charge in [-0.15, -0.1) is 22.7 Å². The number of carbonyl (C=O) groups excluding carboxylic acids is 1. The molecule has 1 fully saturated rings. The maximum atomic E-state index is 13.3. The number of nitrogens with zero attached hydrogens (tertiary/aromatic N) is 3. The number of nitrogens with one attached hydrogen (secondary N) is 1. The molecule has 33 heavy (non-hydrogen) atoms. The van der Waals surface area contributed by atoms with Gasteiger partial charge in [-0.25, -0.2) is 0 Å². The van der Waals surface area contributed by atoms with Crippen LogP contribution in [-0.4, -0.2) is 41.2 Å². The van der Waals surface area contributed by atoms with Crippen molar-refractivity contribution in [1.29, 1.82) is 5.26 Å². The molecule has 5 rings (SSSR count). The van der Waals surface area contributed by atoms with Crippen LogP contribution in [0, 0.1) is 25.2 Å². The number of fused-ring (bicyclic) bond motifs is 1. The molecule has 0 saturated carbocycles. The Balaban J connectivity index is 1.39. The Bertz CT molecular complexity index is 1180. The summed E-state index contributed by atoms with van der Waals surface area (Å²) in [6.45, 7) is 6.52. The van der Waals surface area contributed by atoms with Crippen molar-refractivity contribution < 1.29 is 9.53 Å². The van der Waals surface area contributed by atoms with Crippen molar-refractivity contribution in [2.75, 3.05) is 25.0 Å². The predicted molar refractivity (Wildman–Crippen MR) is 132 cm³/mol. The summed E-state index contributed by atoms with van der Waals surface area (Å²) in [5.41, 5.74) is 3.79. The summed E-state index contributed by atoms with van der Waals surface area (Å²) in [4.78, 5) is 18.3. The number of hydrogen-bond donors (Lipinski definition) is 1. The number of carbonyl (C=O) groups is 1. The molecule has 0 aliphatic carbocycles. The van der Waals surface area contributed by atoms with Gasteiger partial charge < -0.3 is 14.6 Å². The number of aromatic nitrogens is 1. The zero-order chi connectivity index (χ0) is 22.9. The molecule has 0 aromatic carbocycles. The van der Waals surface area contributed by atoms with Crippen LogP contribution in [-0.2, 0) is 22.5 Å². The third kappa shape index (κ3) is 4.26. The van der Waals surface area contributed by atoms with Crippen molar-refractivity contribution in [3.05, 3.63) is 61.1 Å². The highest BCUT2D eigenvalue weighted by molar-refractivity contribution is 7.10. The fourth-order valence-corrected chi connectivity index (χ4v) is 6.81. The third-order valence-electron chi connectivity index (χ3n) is 6.83. The maximum Gasteiger partial charge on any atom is 0.239 e. The zero-order valence-corrected chi connectivity index (χ0v) is 20.6. The van der Waals surface area contributed by atoms with E-state index in [1.807, 2.05) is 13.8 Å².